The van der Waals surface area contributed by atoms with Gasteiger partial charge >= 0.3 is 0 Å². The first kappa shape index (κ1) is 18.0. The van der Waals surface area contributed by atoms with Crippen molar-refractivity contribution in [3.05, 3.63) is 61.2 Å². The number of rotatable bonds is 5. The van der Waals surface area contributed by atoms with E-state index >= 15 is 0 Å². The Bertz CT molecular complexity index is 1050. The molecule has 0 spiro atoms. The molecule has 1 N–H and O–H groups in total. The van der Waals surface area contributed by atoms with E-state index in [0.717, 1.165) is 12.1 Å². The molecule has 4 rings (SSSR count). The number of hydrogen-bond donors (Lipinski definition) is 1. The molecule has 0 bridgehead atoms. The number of amides is 1. The number of halogens is 2. The number of ether oxygens (including phenoxy) is 1. The van der Waals surface area contributed by atoms with Crippen molar-refractivity contribution < 1.29 is 23.4 Å². The molecule has 28 heavy (non-hydrogen) atoms. The summed E-state index contributed by atoms with van der Waals surface area (Å²) in [4.78, 5) is 17.3. The molecule has 0 atom stereocenters. The van der Waals surface area contributed by atoms with Gasteiger partial charge in [0, 0.05) is 30.8 Å². The van der Waals surface area contributed by atoms with Crippen molar-refractivity contribution in [3.63, 3.8) is 0 Å². The highest BCUT2D eigenvalue weighted by Crippen LogP contribution is 2.32. The van der Waals surface area contributed by atoms with Crippen LogP contribution in [-0.2, 0) is 4.79 Å². The van der Waals surface area contributed by atoms with Crippen LogP contribution in [0.4, 0.5) is 8.78 Å². The summed E-state index contributed by atoms with van der Waals surface area (Å²) >= 11 is 0. The van der Waals surface area contributed by atoms with Gasteiger partial charge in [0.1, 0.15) is 11.3 Å². The second-order valence-corrected chi connectivity index (χ2v) is 6.69. The Labute approximate surface area is 159 Å². The average Bonchev–Trinajstić information content (AvgIpc) is 3.12. The van der Waals surface area contributed by atoms with Crippen LogP contribution in [0.3, 0.4) is 0 Å². The van der Waals surface area contributed by atoms with Crippen molar-refractivity contribution in [2.24, 2.45) is 5.92 Å². The van der Waals surface area contributed by atoms with E-state index in [0.29, 0.717) is 36.5 Å². The Morgan fingerprint density at radius 2 is 2.00 bits per heavy atom. The minimum atomic E-state index is -1.04. The number of imidazole rings is 1. The molecule has 1 aliphatic rings. The van der Waals surface area contributed by atoms with Gasteiger partial charge in [-0.25, -0.2) is 13.8 Å². The summed E-state index contributed by atoms with van der Waals surface area (Å²) in [5, 5.41) is 9.30. The first-order valence-electron chi connectivity index (χ1n) is 8.64. The van der Waals surface area contributed by atoms with E-state index in [4.69, 9.17) is 4.74 Å². The van der Waals surface area contributed by atoms with Crippen LogP contribution in [-0.4, -0.2) is 45.0 Å². The molecule has 0 aliphatic carbocycles. The molecular weight excluding hydrogens is 368 g/mol. The summed E-state index contributed by atoms with van der Waals surface area (Å²) < 4.78 is 35.1. The number of fused-ring (bicyclic) bond motifs is 1. The van der Waals surface area contributed by atoms with Crippen molar-refractivity contribution in [2.45, 2.75) is 0 Å². The van der Waals surface area contributed by atoms with Gasteiger partial charge in [-0.2, -0.15) is 0 Å². The summed E-state index contributed by atoms with van der Waals surface area (Å²) in [5.74, 6) is -2.48. The summed E-state index contributed by atoms with van der Waals surface area (Å²) in [6.45, 7) is 5.04. The quantitative estimate of drug-likeness (QED) is 0.686. The Balaban J connectivity index is 1.58. The number of aromatic hydroxyl groups is 1. The number of phenolic OH excluding ortho intramolecular Hbond substituents is 1. The summed E-state index contributed by atoms with van der Waals surface area (Å²) in [5.41, 5.74) is 1.48. The van der Waals surface area contributed by atoms with Gasteiger partial charge < -0.3 is 19.1 Å². The van der Waals surface area contributed by atoms with Crippen molar-refractivity contribution in [1.82, 2.24) is 14.3 Å². The molecule has 0 unspecified atom stereocenters. The predicted molar refractivity (Wildman–Crippen MR) is 98.0 cm³/mol. The molecule has 8 heteroatoms. The highest BCUT2D eigenvalue weighted by molar-refractivity contribution is 5.87. The lowest BCUT2D eigenvalue weighted by Gasteiger charge is -2.38. The molecular formula is C20H17F2N3O3. The third-order valence-corrected chi connectivity index (χ3v) is 4.75. The minimum absolute atomic E-state index is 0.104. The van der Waals surface area contributed by atoms with Crippen molar-refractivity contribution >= 4 is 11.4 Å². The molecule has 0 saturated carbocycles. The standard InChI is InChI=1S/C20H17F2N3O3/c1-2-19(26)24-7-12(8-24)10-28-18-5-14(9-25-11-23-6-17(18)25)13-3-15(21)20(27)16(22)4-13/h2-6,9,11-12,27H,1,7-8,10H2. The normalized spacial score (nSPS) is 14.1. The zero-order valence-corrected chi connectivity index (χ0v) is 14.8. The van der Waals surface area contributed by atoms with E-state index in [2.05, 4.69) is 11.6 Å². The maximum Gasteiger partial charge on any atom is 0.245 e. The Hall–Kier alpha value is -3.42. The van der Waals surface area contributed by atoms with Crippen LogP contribution in [0.1, 0.15) is 0 Å². The molecule has 1 aliphatic heterocycles. The van der Waals surface area contributed by atoms with Crippen molar-refractivity contribution in [3.8, 4) is 22.6 Å². The van der Waals surface area contributed by atoms with E-state index in [9.17, 15) is 18.7 Å². The molecule has 1 amide bonds. The van der Waals surface area contributed by atoms with E-state index in [1.165, 1.54) is 6.08 Å². The Morgan fingerprint density at radius 3 is 2.68 bits per heavy atom. The SMILES string of the molecule is C=CC(=O)N1CC(COc2cc(-c3cc(F)c(O)c(F)c3)cn3cncc23)C1. The molecule has 1 saturated heterocycles. The number of likely N-dealkylation sites (tertiary alicyclic amines) is 1. The summed E-state index contributed by atoms with van der Waals surface area (Å²) in [7, 11) is 0. The molecule has 2 aromatic heterocycles. The third-order valence-electron chi connectivity index (χ3n) is 4.75. The number of benzene rings is 1. The van der Waals surface area contributed by atoms with E-state index in [1.807, 2.05) is 0 Å². The predicted octanol–water partition coefficient (Wildman–Crippen LogP) is 3.01. The monoisotopic (exact) mass is 385 g/mol. The molecule has 6 nitrogen and oxygen atoms in total. The highest BCUT2D eigenvalue weighted by atomic mass is 19.1. The van der Waals surface area contributed by atoms with Gasteiger partial charge in [-0.3, -0.25) is 4.79 Å². The van der Waals surface area contributed by atoms with Crippen LogP contribution < -0.4 is 4.74 Å². The fourth-order valence-electron chi connectivity index (χ4n) is 3.20. The largest absolute Gasteiger partial charge is 0.503 e. The smallest absolute Gasteiger partial charge is 0.245 e. The lowest BCUT2D eigenvalue weighted by atomic mass is 10.0. The number of pyridine rings is 1. The molecule has 1 aromatic carbocycles. The summed E-state index contributed by atoms with van der Waals surface area (Å²) in [6.07, 6.45) is 6.15. The van der Waals surface area contributed by atoms with Crippen LogP contribution in [0, 0.1) is 17.6 Å². The maximum absolute atomic E-state index is 13.7. The van der Waals surface area contributed by atoms with Crippen LogP contribution in [0.15, 0.2) is 49.6 Å². The zero-order valence-electron chi connectivity index (χ0n) is 14.8. The highest BCUT2D eigenvalue weighted by Gasteiger charge is 2.29. The fraction of sp³-hybridized carbons (Fsp3) is 0.200. The first-order valence-corrected chi connectivity index (χ1v) is 8.64. The molecule has 144 valence electrons. The topological polar surface area (TPSA) is 67.1 Å². The van der Waals surface area contributed by atoms with Crippen molar-refractivity contribution in [1.29, 1.82) is 0 Å². The number of carbonyl (C=O) groups excluding carboxylic acids is 1. The Morgan fingerprint density at radius 1 is 1.29 bits per heavy atom. The number of carbonyl (C=O) groups is 1. The van der Waals surface area contributed by atoms with Gasteiger partial charge in [-0.05, 0) is 29.8 Å². The minimum Gasteiger partial charge on any atom is -0.503 e. The van der Waals surface area contributed by atoms with E-state index in [1.54, 1.807) is 34.1 Å². The zero-order chi connectivity index (χ0) is 19.8. The fourth-order valence-corrected chi connectivity index (χ4v) is 3.20. The lowest BCUT2D eigenvalue weighted by molar-refractivity contribution is -0.132. The molecule has 0 radical (unpaired) electrons. The van der Waals surface area contributed by atoms with Crippen LogP contribution in [0.2, 0.25) is 0 Å². The number of phenols is 1. The van der Waals surface area contributed by atoms with Crippen LogP contribution in [0.25, 0.3) is 16.6 Å². The van der Waals surface area contributed by atoms with Crippen LogP contribution >= 0.6 is 0 Å². The number of aromatic nitrogens is 2. The number of hydrogen-bond acceptors (Lipinski definition) is 4. The van der Waals surface area contributed by atoms with E-state index in [-0.39, 0.29) is 17.4 Å². The maximum atomic E-state index is 13.7. The van der Waals surface area contributed by atoms with Gasteiger partial charge in [0.25, 0.3) is 0 Å². The van der Waals surface area contributed by atoms with Gasteiger partial charge in [-0.15, -0.1) is 0 Å². The summed E-state index contributed by atoms with van der Waals surface area (Å²) in [6, 6.07) is 3.80. The third kappa shape index (κ3) is 3.17. The van der Waals surface area contributed by atoms with Crippen LogP contribution in [0.5, 0.6) is 11.5 Å². The van der Waals surface area contributed by atoms with Gasteiger partial charge in [0.2, 0.25) is 5.91 Å². The van der Waals surface area contributed by atoms with E-state index < -0.39 is 17.4 Å². The Kier molecular flexibility index (Phi) is 4.46. The van der Waals surface area contributed by atoms with Gasteiger partial charge in [0.05, 0.1) is 19.1 Å². The number of nitrogens with zero attached hydrogens (tertiary/aromatic N) is 3. The molecule has 3 aromatic rings. The second-order valence-electron chi connectivity index (χ2n) is 6.69. The van der Waals surface area contributed by atoms with Gasteiger partial charge in [0.15, 0.2) is 17.4 Å². The van der Waals surface area contributed by atoms with Crippen molar-refractivity contribution in [2.75, 3.05) is 19.7 Å². The lowest BCUT2D eigenvalue weighted by Crippen LogP contribution is -2.51. The first-order chi connectivity index (χ1) is 13.5. The second kappa shape index (κ2) is 6.95. The van der Waals surface area contributed by atoms with Gasteiger partial charge in [-0.1, -0.05) is 6.58 Å². The average molecular weight is 385 g/mol. The molecule has 1 fully saturated rings. The molecule has 3 heterocycles.